The molecule has 0 spiro atoms. The first-order chi connectivity index (χ1) is 7.99. The molecule has 1 N–H and O–H groups in total. The summed E-state index contributed by atoms with van der Waals surface area (Å²) in [5, 5.41) is 0. The molecule has 0 aliphatic carbocycles. The second kappa shape index (κ2) is 7.06. The number of methoxy groups -OCH3 is 1. The van der Waals surface area contributed by atoms with Gasteiger partial charge in [-0.15, -0.1) is 22.9 Å². The van der Waals surface area contributed by atoms with E-state index in [1.165, 1.54) is 18.4 Å². The first-order valence-electron chi connectivity index (χ1n) is 4.82. The van der Waals surface area contributed by atoms with Gasteiger partial charge in [0.1, 0.15) is 4.21 Å². The molecule has 0 aromatic carbocycles. The number of nitrogens with one attached hydrogen (secondary N) is 1. The fraction of sp³-hybridized carbons (Fsp3) is 0.556. The van der Waals surface area contributed by atoms with Crippen molar-refractivity contribution in [2.45, 2.75) is 16.7 Å². The quantitative estimate of drug-likeness (QED) is 0.758. The van der Waals surface area contributed by atoms with Crippen molar-refractivity contribution >= 4 is 48.9 Å². The normalized spacial score (nSPS) is 13.8. The van der Waals surface area contributed by atoms with Crippen molar-refractivity contribution in [2.75, 3.05) is 19.6 Å². The maximum Gasteiger partial charge on any atom is 0.250 e. The summed E-state index contributed by atoms with van der Waals surface area (Å²) in [5.41, 5.74) is 0. The molecule has 1 rings (SSSR count). The summed E-state index contributed by atoms with van der Waals surface area (Å²) in [7, 11) is -1.96. The highest BCUT2D eigenvalue weighted by atomic mass is 79.9. The summed E-state index contributed by atoms with van der Waals surface area (Å²) in [5.74, 6) is 0.380. The Morgan fingerprint density at radius 1 is 1.59 bits per heavy atom. The summed E-state index contributed by atoms with van der Waals surface area (Å²) >= 11 is 10.0. The van der Waals surface area contributed by atoms with Gasteiger partial charge in [0.2, 0.25) is 10.0 Å². The van der Waals surface area contributed by atoms with Crippen LogP contribution in [0.1, 0.15) is 6.42 Å². The predicted molar refractivity (Wildman–Crippen MR) is 73.3 cm³/mol. The Balaban J connectivity index is 2.77. The van der Waals surface area contributed by atoms with Gasteiger partial charge >= 0.3 is 0 Å². The third-order valence-corrected chi connectivity index (χ3v) is 5.81. The van der Waals surface area contributed by atoms with Crippen molar-refractivity contribution in [3.63, 3.8) is 0 Å². The van der Waals surface area contributed by atoms with Crippen LogP contribution in [0.2, 0.25) is 0 Å². The Morgan fingerprint density at radius 2 is 2.29 bits per heavy atom. The van der Waals surface area contributed by atoms with Gasteiger partial charge in [0.25, 0.3) is 0 Å². The summed E-state index contributed by atoms with van der Waals surface area (Å²) in [6, 6.07) is 2.96. The van der Waals surface area contributed by atoms with Gasteiger partial charge in [0, 0.05) is 19.0 Å². The molecule has 1 atom stereocenters. The summed E-state index contributed by atoms with van der Waals surface area (Å²) < 4.78 is 32.6. The van der Waals surface area contributed by atoms with Crippen molar-refractivity contribution in [2.24, 2.45) is 0 Å². The van der Waals surface area contributed by atoms with Crippen LogP contribution in [0.5, 0.6) is 0 Å². The van der Waals surface area contributed by atoms with Crippen molar-refractivity contribution in [1.82, 2.24) is 4.72 Å². The minimum absolute atomic E-state index is 0.278. The molecule has 17 heavy (non-hydrogen) atoms. The molecule has 98 valence electrons. The van der Waals surface area contributed by atoms with Crippen LogP contribution in [0.3, 0.4) is 0 Å². The Bertz CT molecular complexity index is 443. The molecule has 1 heterocycles. The number of halogens is 2. The van der Waals surface area contributed by atoms with Crippen LogP contribution in [-0.2, 0) is 14.8 Å². The number of hydrogen-bond donors (Lipinski definition) is 1. The average molecular weight is 363 g/mol. The van der Waals surface area contributed by atoms with E-state index >= 15 is 0 Å². The SMILES string of the molecule is COCC(CCCl)NS(=O)(=O)c1ccc(Br)s1. The number of alkyl halides is 1. The number of sulfonamides is 1. The smallest absolute Gasteiger partial charge is 0.250 e. The minimum atomic E-state index is -3.48. The molecule has 0 saturated heterocycles. The molecule has 0 fully saturated rings. The van der Waals surface area contributed by atoms with E-state index in [2.05, 4.69) is 20.7 Å². The first kappa shape index (κ1) is 15.4. The zero-order valence-corrected chi connectivity index (χ0v) is 13.1. The van der Waals surface area contributed by atoms with E-state index in [4.69, 9.17) is 16.3 Å². The Kier molecular flexibility index (Phi) is 6.39. The molecule has 0 bridgehead atoms. The van der Waals surface area contributed by atoms with E-state index < -0.39 is 10.0 Å². The summed E-state index contributed by atoms with van der Waals surface area (Å²) in [4.78, 5) is 0. The van der Waals surface area contributed by atoms with Crippen LogP contribution >= 0.6 is 38.9 Å². The topological polar surface area (TPSA) is 55.4 Å². The first-order valence-corrected chi connectivity index (χ1v) is 8.45. The Morgan fingerprint density at radius 3 is 2.76 bits per heavy atom. The van der Waals surface area contributed by atoms with Crippen LogP contribution in [0, 0.1) is 0 Å². The molecule has 0 amide bonds. The number of rotatable bonds is 7. The number of hydrogen-bond acceptors (Lipinski definition) is 4. The molecule has 4 nitrogen and oxygen atoms in total. The lowest BCUT2D eigenvalue weighted by Gasteiger charge is -2.15. The standard InChI is InChI=1S/C9H13BrClNO3S2/c1-15-6-7(4-5-11)12-17(13,14)9-3-2-8(10)16-9/h2-3,7,12H,4-6H2,1H3. The van der Waals surface area contributed by atoms with Gasteiger partial charge in [-0.25, -0.2) is 13.1 Å². The van der Waals surface area contributed by atoms with Crippen LogP contribution in [0.25, 0.3) is 0 Å². The molecule has 0 radical (unpaired) electrons. The second-order valence-corrected chi connectivity index (χ2v) is 8.09. The van der Waals surface area contributed by atoms with Gasteiger partial charge in [-0.3, -0.25) is 0 Å². The highest BCUT2D eigenvalue weighted by Gasteiger charge is 2.21. The molecule has 1 aromatic rings. The maximum absolute atomic E-state index is 12.0. The third-order valence-electron chi connectivity index (χ3n) is 1.96. The molecule has 0 saturated carbocycles. The van der Waals surface area contributed by atoms with Gasteiger partial charge in [-0.1, -0.05) is 0 Å². The van der Waals surface area contributed by atoms with Crippen molar-refractivity contribution in [1.29, 1.82) is 0 Å². The van der Waals surface area contributed by atoms with E-state index in [-0.39, 0.29) is 10.3 Å². The highest BCUT2D eigenvalue weighted by molar-refractivity contribution is 9.11. The molecule has 0 aliphatic rings. The van der Waals surface area contributed by atoms with E-state index in [0.29, 0.717) is 18.9 Å². The van der Waals surface area contributed by atoms with Crippen LogP contribution in [0.4, 0.5) is 0 Å². The lowest BCUT2D eigenvalue weighted by atomic mass is 10.3. The molecule has 8 heteroatoms. The van der Waals surface area contributed by atoms with E-state index in [1.54, 1.807) is 12.1 Å². The Hall–Kier alpha value is 0.340. The summed E-state index contributed by atoms with van der Waals surface area (Å²) in [6.45, 7) is 0.304. The van der Waals surface area contributed by atoms with Crippen LogP contribution < -0.4 is 4.72 Å². The lowest BCUT2D eigenvalue weighted by Crippen LogP contribution is -2.38. The van der Waals surface area contributed by atoms with E-state index in [0.717, 1.165) is 3.79 Å². The van der Waals surface area contributed by atoms with Gasteiger partial charge in [0.05, 0.1) is 10.4 Å². The lowest BCUT2D eigenvalue weighted by molar-refractivity contribution is 0.173. The summed E-state index contributed by atoms with van der Waals surface area (Å²) in [6.07, 6.45) is 0.529. The number of thiophene rings is 1. The highest BCUT2D eigenvalue weighted by Crippen LogP contribution is 2.26. The average Bonchev–Trinajstić information content (AvgIpc) is 2.66. The fourth-order valence-electron chi connectivity index (χ4n) is 1.23. The second-order valence-electron chi connectivity index (χ2n) is 3.31. The molecular formula is C9H13BrClNO3S2. The zero-order chi connectivity index (χ0) is 12.9. The molecule has 0 aliphatic heterocycles. The van der Waals surface area contributed by atoms with Gasteiger partial charge in [-0.05, 0) is 34.5 Å². The predicted octanol–water partition coefficient (Wildman–Crippen LogP) is 2.43. The minimum Gasteiger partial charge on any atom is -0.383 e. The van der Waals surface area contributed by atoms with Gasteiger partial charge < -0.3 is 4.74 Å². The van der Waals surface area contributed by atoms with Gasteiger partial charge in [-0.2, -0.15) is 0 Å². The fourth-order valence-corrected chi connectivity index (χ4v) is 4.77. The van der Waals surface area contributed by atoms with Gasteiger partial charge in [0.15, 0.2) is 0 Å². The van der Waals surface area contributed by atoms with Crippen molar-refractivity contribution in [3.8, 4) is 0 Å². The van der Waals surface area contributed by atoms with Crippen molar-refractivity contribution < 1.29 is 13.2 Å². The third kappa shape index (κ3) is 4.84. The van der Waals surface area contributed by atoms with E-state index in [9.17, 15) is 8.42 Å². The molecule has 1 aromatic heterocycles. The molecule has 1 unspecified atom stereocenters. The van der Waals surface area contributed by atoms with Crippen LogP contribution in [0.15, 0.2) is 20.1 Å². The zero-order valence-electron chi connectivity index (χ0n) is 9.15. The van der Waals surface area contributed by atoms with Crippen molar-refractivity contribution in [3.05, 3.63) is 15.9 Å². The largest absolute Gasteiger partial charge is 0.383 e. The maximum atomic E-state index is 12.0. The Labute approximate surface area is 118 Å². The van der Waals surface area contributed by atoms with Crippen LogP contribution in [-0.4, -0.2) is 34.1 Å². The number of ether oxygens (including phenoxy) is 1. The van der Waals surface area contributed by atoms with E-state index in [1.807, 2.05) is 0 Å². The molecular weight excluding hydrogens is 350 g/mol. The monoisotopic (exact) mass is 361 g/mol.